The first-order valence-corrected chi connectivity index (χ1v) is 12.8. The van der Waals surface area contributed by atoms with Crippen LogP contribution < -0.4 is 4.31 Å². The minimum atomic E-state index is 0.313. The summed E-state index contributed by atoms with van der Waals surface area (Å²) in [5, 5.41) is 14.2. The Morgan fingerprint density at radius 2 is 2.19 bits per heavy atom. The summed E-state index contributed by atoms with van der Waals surface area (Å²) in [5.41, 5.74) is 3.14. The van der Waals surface area contributed by atoms with Crippen LogP contribution in [0.5, 0.6) is 0 Å². The van der Waals surface area contributed by atoms with Crippen LogP contribution in [0.15, 0.2) is 51.0 Å². The number of para-hydroxylation sites is 1. The number of aromatic nitrogens is 1. The third kappa shape index (κ3) is 4.78. The highest BCUT2D eigenvalue weighted by Crippen LogP contribution is 2.37. The summed E-state index contributed by atoms with van der Waals surface area (Å²) in [5.74, 6) is 0. The van der Waals surface area contributed by atoms with E-state index < -0.39 is 0 Å². The molecule has 0 radical (unpaired) electrons. The summed E-state index contributed by atoms with van der Waals surface area (Å²) >= 11 is 5.16. The van der Waals surface area contributed by atoms with Crippen LogP contribution in [-0.2, 0) is 4.74 Å². The van der Waals surface area contributed by atoms with Gasteiger partial charge in [-0.15, -0.1) is 11.3 Å². The Kier molecular flexibility index (Phi) is 6.53. The van der Waals surface area contributed by atoms with E-state index in [0.717, 1.165) is 66.7 Å². The lowest BCUT2D eigenvalue weighted by Gasteiger charge is -2.28. The normalized spacial score (nSPS) is 19.5. The highest BCUT2D eigenvalue weighted by Gasteiger charge is 2.25. The van der Waals surface area contributed by atoms with Crippen molar-refractivity contribution in [2.24, 2.45) is 4.99 Å². The number of thioether (sulfide) groups is 1. The lowest BCUT2D eigenvalue weighted by Crippen LogP contribution is -2.40. The van der Waals surface area contributed by atoms with Gasteiger partial charge in [0.25, 0.3) is 0 Å². The fourth-order valence-electron chi connectivity index (χ4n) is 3.85. The molecule has 2 aromatic heterocycles. The van der Waals surface area contributed by atoms with E-state index in [4.69, 9.17) is 9.73 Å². The molecule has 5 rings (SSSR count). The number of ether oxygens (including phenoxy) is 1. The van der Waals surface area contributed by atoms with Crippen molar-refractivity contribution in [2.75, 3.05) is 50.2 Å². The van der Waals surface area contributed by atoms with Crippen LogP contribution in [-0.4, -0.2) is 66.1 Å². The van der Waals surface area contributed by atoms with Crippen LogP contribution >= 0.6 is 35.0 Å². The summed E-state index contributed by atoms with van der Waals surface area (Å²) in [6, 6.07) is 14.8. The van der Waals surface area contributed by atoms with Gasteiger partial charge in [-0.3, -0.25) is 14.2 Å². The topological polar surface area (TPSA) is 67.7 Å². The largest absolute Gasteiger partial charge is 0.379 e. The molecule has 0 amide bonds. The predicted molar refractivity (Wildman–Crippen MR) is 131 cm³/mol. The third-order valence-corrected chi connectivity index (χ3v) is 8.57. The van der Waals surface area contributed by atoms with Crippen LogP contribution in [0.1, 0.15) is 5.69 Å². The van der Waals surface area contributed by atoms with Gasteiger partial charge in [0.2, 0.25) is 0 Å². The van der Waals surface area contributed by atoms with Crippen molar-refractivity contribution >= 4 is 56.7 Å². The first-order chi connectivity index (χ1) is 15.3. The van der Waals surface area contributed by atoms with E-state index in [1.165, 1.54) is 4.21 Å². The van der Waals surface area contributed by atoms with Gasteiger partial charge < -0.3 is 9.72 Å². The van der Waals surface area contributed by atoms with Crippen LogP contribution in [0.4, 0.5) is 5.69 Å². The van der Waals surface area contributed by atoms with Gasteiger partial charge in [-0.1, -0.05) is 30.0 Å². The molecule has 2 aliphatic heterocycles. The predicted octanol–water partition coefficient (Wildman–Crippen LogP) is 4.46. The first kappa shape index (κ1) is 20.9. The van der Waals surface area contributed by atoms with E-state index >= 15 is 0 Å². The molecule has 1 N–H and O–H groups in total. The number of aliphatic imine (C=N–C) groups is 1. The van der Waals surface area contributed by atoms with Gasteiger partial charge in [-0.2, -0.15) is 5.26 Å². The van der Waals surface area contributed by atoms with Crippen molar-refractivity contribution in [1.29, 1.82) is 5.26 Å². The summed E-state index contributed by atoms with van der Waals surface area (Å²) in [6.07, 6.45) is 0. The molecule has 0 aliphatic carbocycles. The van der Waals surface area contributed by atoms with Crippen LogP contribution in [0.25, 0.3) is 10.9 Å². The zero-order valence-electron chi connectivity index (χ0n) is 17.0. The molecule has 6 nitrogen and oxygen atoms in total. The van der Waals surface area contributed by atoms with E-state index in [1.807, 2.05) is 17.8 Å². The Morgan fingerprint density at radius 1 is 1.29 bits per heavy atom. The Bertz CT molecular complexity index is 1100. The Morgan fingerprint density at radius 3 is 3.00 bits per heavy atom. The van der Waals surface area contributed by atoms with E-state index in [0.29, 0.717) is 11.8 Å². The molecule has 1 aromatic carbocycles. The molecular formula is C22H23N5OS3. The molecule has 1 atom stereocenters. The van der Waals surface area contributed by atoms with Crippen LogP contribution in [0.2, 0.25) is 0 Å². The molecule has 0 bridgehead atoms. The molecule has 2 aliphatic rings. The summed E-state index contributed by atoms with van der Waals surface area (Å²) < 4.78 is 8.68. The number of benzene rings is 1. The first-order valence-electron chi connectivity index (χ1n) is 10.3. The van der Waals surface area contributed by atoms with Crippen molar-refractivity contribution in [1.82, 2.24) is 9.88 Å². The number of hydrogen-bond acceptors (Lipinski definition) is 8. The summed E-state index contributed by atoms with van der Waals surface area (Å²) in [4.78, 5) is 10.9. The third-order valence-electron chi connectivity index (χ3n) is 5.33. The minimum Gasteiger partial charge on any atom is -0.379 e. The van der Waals surface area contributed by atoms with Gasteiger partial charge in [0.05, 0.1) is 46.9 Å². The molecule has 0 spiro atoms. The van der Waals surface area contributed by atoms with E-state index in [2.05, 4.69) is 56.0 Å². The van der Waals surface area contributed by atoms with Gasteiger partial charge >= 0.3 is 0 Å². The zero-order valence-corrected chi connectivity index (χ0v) is 19.4. The van der Waals surface area contributed by atoms with Gasteiger partial charge in [-0.05, 0) is 35.5 Å². The summed E-state index contributed by atoms with van der Waals surface area (Å²) in [6.45, 7) is 5.91. The SMILES string of the molecule is N#CCN(Sc1cccs1)c1cccc2cc(C3=NCC(CN4CCOCC4)S3)[nH]c12. The summed E-state index contributed by atoms with van der Waals surface area (Å²) in [7, 11) is 0. The maximum Gasteiger partial charge on any atom is 0.117 e. The highest BCUT2D eigenvalue weighted by molar-refractivity contribution is 8.15. The second kappa shape index (κ2) is 9.67. The van der Waals surface area contributed by atoms with E-state index in [-0.39, 0.29) is 0 Å². The number of anilines is 1. The Hall–Kier alpha value is -1.96. The maximum atomic E-state index is 9.39. The van der Waals surface area contributed by atoms with Gasteiger partial charge in [0.15, 0.2) is 0 Å². The maximum absolute atomic E-state index is 9.39. The van der Waals surface area contributed by atoms with Crippen LogP contribution in [0, 0.1) is 11.3 Å². The number of nitriles is 1. The highest BCUT2D eigenvalue weighted by atomic mass is 32.2. The second-order valence-electron chi connectivity index (χ2n) is 7.44. The fraction of sp³-hybridized carbons (Fsp3) is 0.364. The standard InChI is InChI=1S/C22H23N5OS3/c23-6-7-27(31-20-5-2-12-29-20)19-4-1-3-16-13-18(25-21(16)19)22-24-14-17(30-22)15-26-8-10-28-11-9-26/h1-5,12-13,17,25H,7-11,14-15H2. The molecule has 1 saturated heterocycles. The van der Waals surface area contributed by atoms with E-state index in [1.54, 1.807) is 23.3 Å². The number of rotatable bonds is 7. The van der Waals surface area contributed by atoms with Crippen molar-refractivity contribution in [3.05, 3.63) is 47.5 Å². The molecule has 9 heteroatoms. The van der Waals surface area contributed by atoms with Crippen molar-refractivity contribution < 1.29 is 4.74 Å². The average Bonchev–Trinajstić information content (AvgIpc) is 3.54. The second-order valence-corrected chi connectivity index (χ2v) is 11.0. The average molecular weight is 470 g/mol. The van der Waals surface area contributed by atoms with Gasteiger partial charge in [0.1, 0.15) is 11.6 Å². The molecular weight excluding hydrogens is 446 g/mol. The number of H-pyrrole nitrogens is 1. The number of aromatic amines is 1. The van der Waals surface area contributed by atoms with Crippen molar-refractivity contribution in [3.8, 4) is 6.07 Å². The number of nitrogens with one attached hydrogen (secondary N) is 1. The van der Waals surface area contributed by atoms with E-state index in [9.17, 15) is 5.26 Å². The zero-order chi connectivity index (χ0) is 21.0. The number of nitrogens with zero attached hydrogens (tertiary/aromatic N) is 4. The Balaban J connectivity index is 1.35. The lowest BCUT2D eigenvalue weighted by molar-refractivity contribution is 0.0385. The molecule has 160 valence electrons. The quantitative estimate of drug-likeness (QED) is 0.407. The lowest BCUT2D eigenvalue weighted by atomic mass is 10.2. The number of fused-ring (bicyclic) bond motifs is 1. The molecule has 0 saturated carbocycles. The molecule has 3 aromatic rings. The fourth-order valence-corrected chi connectivity index (χ4v) is 6.77. The smallest absolute Gasteiger partial charge is 0.117 e. The van der Waals surface area contributed by atoms with Gasteiger partial charge in [-0.25, -0.2) is 0 Å². The number of morpholine rings is 1. The number of hydrogen-bond donors (Lipinski definition) is 1. The van der Waals surface area contributed by atoms with Crippen molar-refractivity contribution in [3.63, 3.8) is 0 Å². The molecule has 31 heavy (non-hydrogen) atoms. The van der Waals surface area contributed by atoms with Gasteiger partial charge in [0, 0.05) is 30.3 Å². The van der Waals surface area contributed by atoms with Crippen molar-refractivity contribution in [2.45, 2.75) is 9.46 Å². The van der Waals surface area contributed by atoms with Crippen LogP contribution in [0.3, 0.4) is 0 Å². The molecule has 1 unspecified atom stereocenters. The minimum absolute atomic E-state index is 0.313. The molecule has 4 heterocycles. The monoisotopic (exact) mass is 469 g/mol. The molecule has 1 fully saturated rings. The number of thiophene rings is 1. The Labute approximate surface area is 194 Å².